The molecule has 2 rings (SSSR count). The number of hydrogen-bond donors (Lipinski definition) is 1. The number of aromatic nitrogens is 1. The average Bonchev–Trinajstić information content (AvgIpc) is 2.97. The van der Waals surface area contributed by atoms with Gasteiger partial charge in [-0.2, -0.15) is 0 Å². The summed E-state index contributed by atoms with van der Waals surface area (Å²) < 4.78 is 0. The summed E-state index contributed by atoms with van der Waals surface area (Å²) in [5, 5.41) is 1.15. The highest BCUT2D eigenvalue weighted by Gasteiger charge is 2.23. The first-order chi connectivity index (χ1) is 8.13. The maximum atomic E-state index is 5.81. The Labute approximate surface area is 108 Å². The van der Waals surface area contributed by atoms with Crippen LogP contribution >= 0.6 is 11.3 Å². The van der Waals surface area contributed by atoms with Gasteiger partial charge in [0.25, 0.3) is 0 Å². The predicted molar refractivity (Wildman–Crippen MR) is 74.8 cm³/mol. The van der Waals surface area contributed by atoms with E-state index in [0.29, 0.717) is 18.5 Å². The Morgan fingerprint density at radius 1 is 1.41 bits per heavy atom. The van der Waals surface area contributed by atoms with E-state index in [1.54, 1.807) is 11.3 Å². The predicted octanol–water partition coefficient (Wildman–Crippen LogP) is 3.10. The van der Waals surface area contributed by atoms with Gasteiger partial charge in [-0.15, -0.1) is 11.3 Å². The fourth-order valence-electron chi connectivity index (χ4n) is 2.55. The molecule has 1 saturated carbocycles. The second-order valence-corrected chi connectivity index (χ2v) is 6.27. The zero-order chi connectivity index (χ0) is 12.4. The maximum Gasteiger partial charge on any atom is 0.185 e. The van der Waals surface area contributed by atoms with E-state index in [2.05, 4.69) is 25.8 Å². The summed E-state index contributed by atoms with van der Waals surface area (Å²) >= 11 is 1.77. The van der Waals surface area contributed by atoms with Crippen LogP contribution in [0.25, 0.3) is 0 Å². The molecule has 0 atom stereocenters. The Morgan fingerprint density at radius 2 is 2.06 bits per heavy atom. The van der Waals surface area contributed by atoms with Gasteiger partial charge < -0.3 is 10.6 Å². The minimum atomic E-state index is 0.468. The lowest BCUT2D eigenvalue weighted by atomic mass is 10.1. The summed E-state index contributed by atoms with van der Waals surface area (Å²) in [6.45, 7) is 4.99. The molecule has 1 fully saturated rings. The summed E-state index contributed by atoms with van der Waals surface area (Å²) in [6.07, 6.45) is 5.35. The number of rotatable bonds is 4. The lowest BCUT2D eigenvalue weighted by Crippen LogP contribution is -2.28. The van der Waals surface area contributed by atoms with Crippen LogP contribution in [0.15, 0.2) is 0 Å². The van der Waals surface area contributed by atoms with Crippen molar-refractivity contribution in [3.05, 3.63) is 10.6 Å². The molecule has 1 aromatic rings. The molecule has 0 amide bonds. The number of hydrogen-bond acceptors (Lipinski definition) is 4. The Morgan fingerprint density at radius 3 is 2.53 bits per heavy atom. The smallest absolute Gasteiger partial charge is 0.185 e. The molecule has 96 valence electrons. The standard InChI is InChI=1S/C13H23N3S/c1-9(2)12-11(8-14)17-13(15-12)16(3)10-6-4-5-7-10/h9-10H,4-8,14H2,1-3H3. The third kappa shape index (κ3) is 2.63. The molecule has 0 bridgehead atoms. The Hall–Kier alpha value is -0.610. The zero-order valence-corrected chi connectivity index (χ0v) is 11.9. The molecule has 0 spiro atoms. The fourth-order valence-corrected chi connectivity index (χ4v) is 3.67. The minimum Gasteiger partial charge on any atom is -0.348 e. The molecule has 1 aromatic heterocycles. The molecule has 0 radical (unpaired) electrons. The van der Waals surface area contributed by atoms with Crippen molar-refractivity contribution in [2.24, 2.45) is 5.73 Å². The lowest BCUT2D eigenvalue weighted by molar-refractivity contribution is 0.649. The maximum absolute atomic E-state index is 5.81. The third-order valence-corrected chi connectivity index (χ3v) is 4.81. The molecule has 1 aliphatic rings. The first kappa shape index (κ1) is 12.8. The van der Waals surface area contributed by atoms with Gasteiger partial charge in [0.2, 0.25) is 0 Å². The van der Waals surface area contributed by atoms with Gasteiger partial charge in [0, 0.05) is 24.5 Å². The van der Waals surface area contributed by atoms with Crippen LogP contribution in [0.1, 0.15) is 56.0 Å². The van der Waals surface area contributed by atoms with Crippen LogP contribution in [0.4, 0.5) is 5.13 Å². The Balaban J connectivity index is 2.20. The van der Waals surface area contributed by atoms with E-state index in [9.17, 15) is 0 Å². The Bertz CT molecular complexity index is 367. The van der Waals surface area contributed by atoms with E-state index < -0.39 is 0 Å². The van der Waals surface area contributed by atoms with Crippen molar-refractivity contribution < 1.29 is 0 Å². The molecule has 1 heterocycles. The van der Waals surface area contributed by atoms with E-state index in [0.717, 1.165) is 5.13 Å². The van der Waals surface area contributed by atoms with Gasteiger partial charge in [-0.1, -0.05) is 26.7 Å². The SMILES string of the molecule is CC(C)c1nc(N(C)C2CCCC2)sc1CN. The number of nitrogens with zero attached hydrogens (tertiary/aromatic N) is 2. The van der Waals surface area contributed by atoms with Crippen LogP contribution in [0.3, 0.4) is 0 Å². The summed E-state index contributed by atoms with van der Waals surface area (Å²) in [6, 6.07) is 0.687. The van der Waals surface area contributed by atoms with Crippen molar-refractivity contribution in [1.29, 1.82) is 0 Å². The largest absolute Gasteiger partial charge is 0.348 e. The number of anilines is 1. The molecular weight excluding hydrogens is 230 g/mol. The first-order valence-corrected chi connectivity index (χ1v) is 7.37. The van der Waals surface area contributed by atoms with Gasteiger partial charge in [0.05, 0.1) is 5.69 Å². The average molecular weight is 253 g/mol. The van der Waals surface area contributed by atoms with Gasteiger partial charge in [-0.25, -0.2) is 4.98 Å². The lowest BCUT2D eigenvalue weighted by Gasteiger charge is -2.23. The van der Waals surface area contributed by atoms with Crippen molar-refractivity contribution in [2.45, 2.75) is 58.0 Å². The van der Waals surface area contributed by atoms with Gasteiger partial charge in [0.1, 0.15) is 0 Å². The Kier molecular flexibility index (Phi) is 4.05. The second kappa shape index (κ2) is 5.36. The zero-order valence-electron chi connectivity index (χ0n) is 11.1. The van der Waals surface area contributed by atoms with Crippen molar-refractivity contribution in [3.8, 4) is 0 Å². The highest BCUT2D eigenvalue weighted by Crippen LogP contribution is 2.33. The van der Waals surface area contributed by atoms with Crippen LogP contribution < -0.4 is 10.6 Å². The van der Waals surface area contributed by atoms with Gasteiger partial charge in [0.15, 0.2) is 5.13 Å². The molecule has 1 aliphatic carbocycles. The molecule has 0 saturated heterocycles. The topological polar surface area (TPSA) is 42.2 Å². The highest BCUT2D eigenvalue weighted by atomic mass is 32.1. The van der Waals surface area contributed by atoms with Gasteiger partial charge in [-0.3, -0.25) is 0 Å². The minimum absolute atomic E-state index is 0.468. The third-order valence-electron chi connectivity index (χ3n) is 3.62. The van der Waals surface area contributed by atoms with E-state index in [1.807, 2.05) is 0 Å². The molecular formula is C13H23N3S. The quantitative estimate of drug-likeness (QED) is 0.896. The first-order valence-electron chi connectivity index (χ1n) is 6.56. The van der Waals surface area contributed by atoms with Crippen LogP contribution in [0, 0.1) is 0 Å². The van der Waals surface area contributed by atoms with Gasteiger partial charge in [-0.05, 0) is 18.8 Å². The molecule has 4 heteroatoms. The van der Waals surface area contributed by atoms with E-state index in [-0.39, 0.29) is 0 Å². The van der Waals surface area contributed by atoms with E-state index in [1.165, 1.54) is 36.3 Å². The fraction of sp³-hybridized carbons (Fsp3) is 0.769. The van der Waals surface area contributed by atoms with Crippen LogP contribution in [-0.2, 0) is 6.54 Å². The normalized spacial score (nSPS) is 17.0. The van der Waals surface area contributed by atoms with Crippen LogP contribution in [0.2, 0.25) is 0 Å². The van der Waals surface area contributed by atoms with E-state index in [4.69, 9.17) is 10.7 Å². The number of nitrogens with two attached hydrogens (primary N) is 1. The van der Waals surface area contributed by atoms with Crippen LogP contribution in [0.5, 0.6) is 0 Å². The number of thiazole rings is 1. The summed E-state index contributed by atoms with van der Waals surface area (Å²) in [4.78, 5) is 8.40. The van der Waals surface area contributed by atoms with Gasteiger partial charge >= 0.3 is 0 Å². The molecule has 17 heavy (non-hydrogen) atoms. The summed E-state index contributed by atoms with van der Waals surface area (Å²) in [5.74, 6) is 0.468. The van der Waals surface area contributed by atoms with E-state index >= 15 is 0 Å². The molecule has 0 aliphatic heterocycles. The van der Waals surface area contributed by atoms with Crippen molar-refractivity contribution in [1.82, 2.24) is 4.98 Å². The molecule has 3 nitrogen and oxygen atoms in total. The summed E-state index contributed by atoms with van der Waals surface area (Å²) in [7, 11) is 2.18. The van der Waals surface area contributed by atoms with Crippen molar-refractivity contribution in [2.75, 3.05) is 11.9 Å². The highest BCUT2D eigenvalue weighted by molar-refractivity contribution is 7.15. The summed E-state index contributed by atoms with van der Waals surface area (Å²) in [5.41, 5.74) is 7.00. The molecule has 0 unspecified atom stereocenters. The molecule has 0 aromatic carbocycles. The van der Waals surface area contributed by atoms with Crippen LogP contribution in [-0.4, -0.2) is 18.1 Å². The molecule has 2 N–H and O–H groups in total. The van der Waals surface area contributed by atoms with Crippen molar-refractivity contribution in [3.63, 3.8) is 0 Å². The second-order valence-electron chi connectivity index (χ2n) is 5.21. The monoisotopic (exact) mass is 253 g/mol. The van der Waals surface area contributed by atoms with Crippen molar-refractivity contribution >= 4 is 16.5 Å².